The number of nitrogens with zero attached hydrogens (tertiary/aromatic N) is 3. The maximum absolute atomic E-state index is 4.99. The lowest BCUT2D eigenvalue weighted by Crippen LogP contribution is -2.18. The van der Waals surface area contributed by atoms with E-state index in [1.54, 1.807) is 19.5 Å². The molecule has 0 spiro atoms. The highest BCUT2D eigenvalue weighted by Crippen LogP contribution is 2.12. The van der Waals surface area contributed by atoms with Gasteiger partial charge in [0.25, 0.3) is 0 Å². The highest BCUT2D eigenvalue weighted by atomic mass is 16.5. The fourth-order valence-corrected chi connectivity index (χ4v) is 1.76. The van der Waals surface area contributed by atoms with Crippen molar-refractivity contribution < 1.29 is 4.74 Å². The first-order valence-corrected chi connectivity index (χ1v) is 5.96. The number of rotatable bonds is 6. The molecule has 2 heterocycles. The van der Waals surface area contributed by atoms with E-state index >= 15 is 0 Å². The zero-order chi connectivity index (χ0) is 12.8. The molecule has 1 N–H and O–H groups in total. The van der Waals surface area contributed by atoms with E-state index in [0.717, 1.165) is 31.1 Å². The SMILES string of the molecule is COCCNCc1cnn(-c2ccncc2)c1C. The molecule has 5 nitrogen and oxygen atoms in total. The number of nitrogens with one attached hydrogen (secondary N) is 1. The summed E-state index contributed by atoms with van der Waals surface area (Å²) in [5.41, 5.74) is 3.37. The van der Waals surface area contributed by atoms with Gasteiger partial charge in [0.2, 0.25) is 0 Å². The van der Waals surface area contributed by atoms with Crippen molar-refractivity contribution in [1.29, 1.82) is 0 Å². The first-order valence-electron chi connectivity index (χ1n) is 5.96. The van der Waals surface area contributed by atoms with E-state index in [-0.39, 0.29) is 0 Å². The van der Waals surface area contributed by atoms with Crippen LogP contribution in [0.15, 0.2) is 30.7 Å². The molecule has 5 heteroatoms. The van der Waals surface area contributed by atoms with Gasteiger partial charge in [-0.1, -0.05) is 0 Å². The van der Waals surface area contributed by atoms with Crippen molar-refractivity contribution in [2.75, 3.05) is 20.3 Å². The number of methoxy groups -OCH3 is 1. The van der Waals surface area contributed by atoms with Crippen LogP contribution in [0.4, 0.5) is 0 Å². The van der Waals surface area contributed by atoms with Crippen molar-refractivity contribution in [1.82, 2.24) is 20.1 Å². The van der Waals surface area contributed by atoms with Crippen molar-refractivity contribution >= 4 is 0 Å². The van der Waals surface area contributed by atoms with E-state index < -0.39 is 0 Å². The molecule has 0 saturated carbocycles. The molecule has 0 aromatic carbocycles. The zero-order valence-electron chi connectivity index (χ0n) is 10.8. The quantitative estimate of drug-likeness (QED) is 0.781. The molecule has 0 unspecified atom stereocenters. The third-order valence-corrected chi connectivity index (χ3v) is 2.82. The van der Waals surface area contributed by atoms with Crippen LogP contribution in [-0.4, -0.2) is 35.0 Å². The second-order valence-corrected chi connectivity index (χ2v) is 4.04. The lowest BCUT2D eigenvalue weighted by atomic mass is 10.2. The molecular weight excluding hydrogens is 228 g/mol. The summed E-state index contributed by atoms with van der Waals surface area (Å²) in [5.74, 6) is 0. The second-order valence-electron chi connectivity index (χ2n) is 4.04. The highest BCUT2D eigenvalue weighted by molar-refractivity contribution is 5.32. The van der Waals surface area contributed by atoms with Gasteiger partial charge in [-0.2, -0.15) is 5.10 Å². The molecule has 0 aliphatic heterocycles. The van der Waals surface area contributed by atoms with Gasteiger partial charge in [0.05, 0.1) is 18.5 Å². The first-order chi connectivity index (χ1) is 8.83. The van der Waals surface area contributed by atoms with Crippen LogP contribution in [0.1, 0.15) is 11.3 Å². The van der Waals surface area contributed by atoms with Gasteiger partial charge in [-0.15, -0.1) is 0 Å². The van der Waals surface area contributed by atoms with Crippen LogP contribution >= 0.6 is 0 Å². The van der Waals surface area contributed by atoms with Gasteiger partial charge in [0, 0.05) is 43.9 Å². The molecule has 0 fully saturated rings. The standard InChI is InChI=1S/C13H18N4O/c1-11-12(9-15-7-8-18-2)10-16-17(11)13-3-5-14-6-4-13/h3-6,10,15H,7-9H2,1-2H3. The van der Waals surface area contributed by atoms with Gasteiger partial charge in [0.15, 0.2) is 0 Å². The van der Waals surface area contributed by atoms with Crippen LogP contribution in [0.5, 0.6) is 0 Å². The number of hydrogen-bond acceptors (Lipinski definition) is 4. The maximum atomic E-state index is 4.99. The van der Waals surface area contributed by atoms with Gasteiger partial charge in [-0.25, -0.2) is 4.68 Å². The Labute approximate surface area is 107 Å². The smallest absolute Gasteiger partial charge is 0.0679 e. The Morgan fingerprint density at radius 3 is 2.83 bits per heavy atom. The molecule has 0 atom stereocenters. The average Bonchev–Trinajstić information content (AvgIpc) is 2.77. The molecule has 0 aliphatic carbocycles. The molecule has 0 radical (unpaired) electrons. The molecule has 0 saturated heterocycles. The molecule has 2 rings (SSSR count). The van der Waals surface area contributed by atoms with Gasteiger partial charge in [0.1, 0.15) is 0 Å². The molecule has 2 aromatic rings. The summed E-state index contributed by atoms with van der Waals surface area (Å²) >= 11 is 0. The van der Waals surface area contributed by atoms with Crippen molar-refractivity contribution in [2.45, 2.75) is 13.5 Å². The Balaban J connectivity index is 2.05. The minimum absolute atomic E-state index is 0.720. The Hall–Kier alpha value is -1.72. The summed E-state index contributed by atoms with van der Waals surface area (Å²) in [4.78, 5) is 4.01. The Morgan fingerprint density at radius 1 is 1.33 bits per heavy atom. The van der Waals surface area contributed by atoms with Crippen LogP contribution < -0.4 is 5.32 Å². The molecule has 2 aromatic heterocycles. The third-order valence-electron chi connectivity index (χ3n) is 2.82. The fraction of sp³-hybridized carbons (Fsp3) is 0.385. The Kier molecular flexibility index (Phi) is 4.44. The monoisotopic (exact) mass is 246 g/mol. The lowest BCUT2D eigenvalue weighted by Gasteiger charge is -2.06. The second kappa shape index (κ2) is 6.28. The van der Waals surface area contributed by atoms with E-state index in [1.165, 1.54) is 5.56 Å². The van der Waals surface area contributed by atoms with E-state index in [0.29, 0.717) is 0 Å². The fourth-order valence-electron chi connectivity index (χ4n) is 1.76. The molecule has 18 heavy (non-hydrogen) atoms. The molecule has 96 valence electrons. The highest BCUT2D eigenvalue weighted by Gasteiger charge is 2.07. The van der Waals surface area contributed by atoms with Crippen LogP contribution in [0.2, 0.25) is 0 Å². The lowest BCUT2D eigenvalue weighted by molar-refractivity contribution is 0.199. The maximum Gasteiger partial charge on any atom is 0.0679 e. The minimum Gasteiger partial charge on any atom is -0.383 e. The summed E-state index contributed by atoms with van der Waals surface area (Å²) in [7, 11) is 1.70. The summed E-state index contributed by atoms with van der Waals surface area (Å²) in [5, 5.41) is 7.72. The first kappa shape index (κ1) is 12.7. The van der Waals surface area contributed by atoms with E-state index in [2.05, 4.69) is 22.3 Å². The van der Waals surface area contributed by atoms with Crippen molar-refractivity contribution in [3.8, 4) is 5.69 Å². The van der Waals surface area contributed by atoms with E-state index in [4.69, 9.17) is 4.74 Å². The van der Waals surface area contributed by atoms with Crippen LogP contribution in [0, 0.1) is 6.92 Å². The summed E-state index contributed by atoms with van der Waals surface area (Å²) in [6, 6.07) is 3.89. The minimum atomic E-state index is 0.720. The van der Waals surface area contributed by atoms with Crippen molar-refractivity contribution in [2.24, 2.45) is 0 Å². The van der Waals surface area contributed by atoms with E-state index in [9.17, 15) is 0 Å². The van der Waals surface area contributed by atoms with Gasteiger partial charge >= 0.3 is 0 Å². The number of hydrogen-bond donors (Lipinski definition) is 1. The van der Waals surface area contributed by atoms with Crippen LogP contribution in [-0.2, 0) is 11.3 Å². The number of ether oxygens (including phenoxy) is 1. The van der Waals surface area contributed by atoms with Crippen molar-refractivity contribution in [3.05, 3.63) is 42.0 Å². The van der Waals surface area contributed by atoms with Crippen LogP contribution in [0.3, 0.4) is 0 Å². The number of pyridine rings is 1. The summed E-state index contributed by atoms with van der Waals surface area (Å²) in [6.45, 7) is 4.44. The van der Waals surface area contributed by atoms with Gasteiger partial charge in [-0.3, -0.25) is 4.98 Å². The Morgan fingerprint density at radius 2 is 2.11 bits per heavy atom. The molecule has 0 amide bonds. The predicted octanol–water partition coefficient (Wildman–Crippen LogP) is 1.31. The normalized spacial score (nSPS) is 10.8. The van der Waals surface area contributed by atoms with E-state index in [1.807, 2.05) is 23.0 Å². The largest absolute Gasteiger partial charge is 0.383 e. The van der Waals surface area contributed by atoms with Crippen molar-refractivity contribution in [3.63, 3.8) is 0 Å². The van der Waals surface area contributed by atoms with Crippen LogP contribution in [0.25, 0.3) is 5.69 Å². The Bertz CT molecular complexity index is 481. The van der Waals surface area contributed by atoms with Gasteiger partial charge in [-0.05, 0) is 19.1 Å². The number of aromatic nitrogens is 3. The molecular formula is C13H18N4O. The molecule has 0 aliphatic rings. The third kappa shape index (κ3) is 2.94. The molecule has 0 bridgehead atoms. The van der Waals surface area contributed by atoms with Gasteiger partial charge < -0.3 is 10.1 Å². The topological polar surface area (TPSA) is 52.0 Å². The summed E-state index contributed by atoms with van der Waals surface area (Å²) in [6.07, 6.45) is 5.44. The predicted molar refractivity (Wildman–Crippen MR) is 69.7 cm³/mol. The average molecular weight is 246 g/mol. The zero-order valence-corrected chi connectivity index (χ0v) is 10.8. The summed E-state index contributed by atoms with van der Waals surface area (Å²) < 4.78 is 6.92.